The zero-order chi connectivity index (χ0) is 12.2. The third kappa shape index (κ3) is 5.09. The molecule has 0 aromatic heterocycles. The van der Waals surface area contributed by atoms with E-state index in [0.29, 0.717) is 19.6 Å². The monoisotopic (exact) mass is 246 g/mol. The van der Waals surface area contributed by atoms with Crippen molar-refractivity contribution in [3.05, 3.63) is 0 Å². The van der Waals surface area contributed by atoms with Crippen molar-refractivity contribution in [2.75, 3.05) is 13.2 Å². The predicted molar refractivity (Wildman–Crippen MR) is 63.8 cm³/mol. The summed E-state index contributed by atoms with van der Waals surface area (Å²) < 4.78 is 16.5. The standard InChI is InChI=1S/C11H22O4Si/c1-5-13-9-6-10(15-11(12)7-9)8-14-16(2,3)4/h9-10H,5-8H2,1-4H3/t9-,10-/m0/s1. The normalized spacial score (nSPS) is 26.6. The van der Waals surface area contributed by atoms with Gasteiger partial charge in [-0.1, -0.05) is 0 Å². The fourth-order valence-electron chi connectivity index (χ4n) is 1.65. The van der Waals surface area contributed by atoms with Gasteiger partial charge in [-0.15, -0.1) is 0 Å². The molecule has 1 saturated heterocycles. The molecule has 0 saturated carbocycles. The van der Waals surface area contributed by atoms with E-state index in [2.05, 4.69) is 19.6 Å². The highest BCUT2D eigenvalue weighted by Gasteiger charge is 2.30. The molecule has 1 heterocycles. The van der Waals surface area contributed by atoms with Crippen molar-refractivity contribution in [2.24, 2.45) is 0 Å². The number of esters is 1. The first-order valence-corrected chi connectivity index (χ1v) is 9.26. The summed E-state index contributed by atoms with van der Waals surface area (Å²) in [6.45, 7) is 9.45. The first-order valence-electron chi connectivity index (χ1n) is 5.85. The number of ether oxygens (including phenoxy) is 2. The number of rotatable bonds is 5. The molecule has 0 N–H and O–H groups in total. The summed E-state index contributed by atoms with van der Waals surface area (Å²) in [7, 11) is -1.54. The second-order valence-electron chi connectivity index (χ2n) is 5.05. The van der Waals surface area contributed by atoms with Crippen molar-refractivity contribution < 1.29 is 18.7 Å². The second kappa shape index (κ2) is 5.79. The lowest BCUT2D eigenvalue weighted by molar-refractivity contribution is -0.165. The number of cyclic esters (lactones) is 1. The van der Waals surface area contributed by atoms with Gasteiger partial charge < -0.3 is 13.9 Å². The van der Waals surface area contributed by atoms with Gasteiger partial charge in [0.25, 0.3) is 0 Å². The Hall–Kier alpha value is -0.393. The third-order valence-electron chi connectivity index (χ3n) is 2.32. The largest absolute Gasteiger partial charge is 0.460 e. The van der Waals surface area contributed by atoms with Crippen LogP contribution in [-0.2, 0) is 18.7 Å². The maximum atomic E-state index is 11.3. The van der Waals surface area contributed by atoms with Crippen LogP contribution in [0.25, 0.3) is 0 Å². The lowest BCUT2D eigenvalue weighted by atomic mass is 10.1. The minimum absolute atomic E-state index is 0.00138. The molecule has 1 rings (SSSR count). The fourth-order valence-corrected chi connectivity index (χ4v) is 2.34. The molecule has 0 spiro atoms. The van der Waals surface area contributed by atoms with E-state index in [0.717, 1.165) is 6.42 Å². The van der Waals surface area contributed by atoms with Crippen LogP contribution in [0.5, 0.6) is 0 Å². The fraction of sp³-hybridized carbons (Fsp3) is 0.909. The molecule has 1 aliphatic heterocycles. The molecule has 0 aliphatic carbocycles. The van der Waals surface area contributed by atoms with Crippen molar-refractivity contribution in [1.29, 1.82) is 0 Å². The molecule has 0 radical (unpaired) electrons. The smallest absolute Gasteiger partial charge is 0.308 e. The van der Waals surface area contributed by atoms with Crippen molar-refractivity contribution >= 4 is 14.3 Å². The second-order valence-corrected chi connectivity index (χ2v) is 9.57. The van der Waals surface area contributed by atoms with Gasteiger partial charge in [-0.3, -0.25) is 4.79 Å². The Bertz CT molecular complexity index is 237. The zero-order valence-corrected chi connectivity index (χ0v) is 11.6. The van der Waals surface area contributed by atoms with Crippen molar-refractivity contribution in [3.8, 4) is 0 Å². The Morgan fingerprint density at radius 1 is 1.44 bits per heavy atom. The number of hydrogen-bond donors (Lipinski definition) is 0. The van der Waals surface area contributed by atoms with Gasteiger partial charge in [0.1, 0.15) is 6.10 Å². The summed E-state index contributed by atoms with van der Waals surface area (Å²) >= 11 is 0. The van der Waals surface area contributed by atoms with E-state index in [1.807, 2.05) is 6.92 Å². The summed E-state index contributed by atoms with van der Waals surface area (Å²) in [6, 6.07) is 0. The van der Waals surface area contributed by atoms with E-state index in [1.165, 1.54) is 0 Å². The van der Waals surface area contributed by atoms with Crippen LogP contribution in [0.3, 0.4) is 0 Å². The van der Waals surface area contributed by atoms with Crippen LogP contribution in [-0.4, -0.2) is 39.7 Å². The van der Waals surface area contributed by atoms with Crippen molar-refractivity contribution in [1.82, 2.24) is 0 Å². The average Bonchev–Trinajstić information content (AvgIpc) is 2.13. The van der Waals surface area contributed by atoms with Crippen LogP contribution in [0.2, 0.25) is 19.6 Å². The number of hydrogen-bond acceptors (Lipinski definition) is 4. The molecular formula is C11H22O4Si. The molecular weight excluding hydrogens is 224 g/mol. The zero-order valence-electron chi connectivity index (χ0n) is 10.6. The van der Waals surface area contributed by atoms with Gasteiger partial charge in [-0.05, 0) is 26.6 Å². The first-order chi connectivity index (χ1) is 7.40. The van der Waals surface area contributed by atoms with Crippen molar-refractivity contribution in [2.45, 2.75) is 51.6 Å². The SMILES string of the molecule is CCO[C@@H]1CC(=O)O[C@H](CO[Si](C)(C)C)C1. The van der Waals surface area contributed by atoms with Gasteiger partial charge in [0, 0.05) is 13.0 Å². The summed E-state index contributed by atoms with van der Waals surface area (Å²) in [5.74, 6) is -0.172. The molecule has 5 heteroatoms. The molecule has 4 nitrogen and oxygen atoms in total. The van der Waals surface area contributed by atoms with Crippen LogP contribution >= 0.6 is 0 Å². The topological polar surface area (TPSA) is 44.8 Å². The molecule has 94 valence electrons. The molecule has 0 bridgehead atoms. The van der Waals surface area contributed by atoms with E-state index in [9.17, 15) is 4.79 Å². The Balaban J connectivity index is 2.38. The van der Waals surface area contributed by atoms with Crippen molar-refractivity contribution in [3.63, 3.8) is 0 Å². The lowest BCUT2D eigenvalue weighted by Gasteiger charge is -2.30. The highest BCUT2D eigenvalue weighted by Crippen LogP contribution is 2.19. The minimum atomic E-state index is -1.54. The first kappa shape index (κ1) is 13.7. The molecule has 1 fully saturated rings. The Morgan fingerprint density at radius 3 is 2.69 bits per heavy atom. The maximum absolute atomic E-state index is 11.3. The average molecular weight is 246 g/mol. The summed E-state index contributed by atoms with van der Waals surface area (Å²) in [5, 5.41) is 0. The van der Waals surface area contributed by atoms with E-state index in [1.54, 1.807) is 0 Å². The lowest BCUT2D eigenvalue weighted by Crippen LogP contribution is -2.39. The molecule has 1 aliphatic rings. The number of carbonyl (C=O) groups is 1. The van der Waals surface area contributed by atoms with Crippen LogP contribution in [0, 0.1) is 0 Å². The summed E-state index contributed by atoms with van der Waals surface area (Å²) in [4.78, 5) is 11.3. The van der Waals surface area contributed by atoms with Crippen LogP contribution in [0.4, 0.5) is 0 Å². The number of carbonyl (C=O) groups excluding carboxylic acids is 1. The van der Waals surface area contributed by atoms with Gasteiger partial charge in [-0.2, -0.15) is 0 Å². The predicted octanol–water partition coefficient (Wildman–Crippen LogP) is 1.95. The molecule has 0 unspecified atom stereocenters. The van der Waals surface area contributed by atoms with E-state index < -0.39 is 8.32 Å². The van der Waals surface area contributed by atoms with Gasteiger partial charge in [-0.25, -0.2) is 0 Å². The van der Waals surface area contributed by atoms with Crippen LogP contribution in [0.1, 0.15) is 19.8 Å². The summed E-state index contributed by atoms with van der Waals surface area (Å²) in [6.07, 6.45) is 0.993. The maximum Gasteiger partial charge on any atom is 0.308 e. The van der Waals surface area contributed by atoms with E-state index in [4.69, 9.17) is 13.9 Å². The molecule has 16 heavy (non-hydrogen) atoms. The van der Waals surface area contributed by atoms with E-state index in [-0.39, 0.29) is 18.2 Å². The minimum Gasteiger partial charge on any atom is -0.460 e. The van der Waals surface area contributed by atoms with Gasteiger partial charge in [0.05, 0.1) is 19.1 Å². The summed E-state index contributed by atoms with van der Waals surface area (Å²) in [5.41, 5.74) is 0. The van der Waals surface area contributed by atoms with E-state index >= 15 is 0 Å². The Morgan fingerprint density at radius 2 is 2.12 bits per heavy atom. The van der Waals surface area contributed by atoms with Gasteiger partial charge >= 0.3 is 5.97 Å². The van der Waals surface area contributed by atoms with Gasteiger partial charge in [0.15, 0.2) is 8.32 Å². The molecule has 2 atom stereocenters. The third-order valence-corrected chi connectivity index (χ3v) is 3.36. The quantitative estimate of drug-likeness (QED) is 0.549. The molecule has 0 amide bonds. The Kier molecular flexibility index (Phi) is 4.95. The van der Waals surface area contributed by atoms with Crippen LogP contribution < -0.4 is 0 Å². The van der Waals surface area contributed by atoms with Crippen LogP contribution in [0.15, 0.2) is 0 Å². The highest BCUT2D eigenvalue weighted by molar-refractivity contribution is 6.69. The molecule has 0 aromatic rings. The highest BCUT2D eigenvalue weighted by atomic mass is 28.4. The van der Waals surface area contributed by atoms with Gasteiger partial charge in [0.2, 0.25) is 0 Å². The molecule has 0 aromatic carbocycles. The Labute approximate surface area is 98.4 Å².